The average Bonchev–Trinajstić information content (AvgIpc) is 2.15. The van der Waals surface area contributed by atoms with E-state index in [1.165, 1.54) is 32.2 Å². The molecule has 0 atom stereocenters. The lowest BCUT2D eigenvalue weighted by Crippen LogP contribution is -2.08. The lowest BCUT2D eigenvalue weighted by atomic mass is 10.3. The van der Waals surface area contributed by atoms with Crippen LogP contribution >= 0.6 is 0 Å². The highest BCUT2D eigenvalue weighted by Crippen LogP contribution is 2.27. The minimum atomic E-state index is -3.29. The van der Waals surface area contributed by atoms with Crippen LogP contribution in [0.4, 0.5) is 5.69 Å². The van der Waals surface area contributed by atoms with Gasteiger partial charge in [-0.25, -0.2) is 8.42 Å². The molecule has 0 saturated carbocycles. The second-order valence-corrected chi connectivity index (χ2v) is 5.33. The molecule has 0 aliphatic carbocycles. The molecule has 0 aliphatic heterocycles. The Balaban J connectivity index is 3.27. The molecule has 0 spiro atoms. The Bertz CT molecular complexity index is 508. The maximum absolute atomic E-state index is 11.3. The fourth-order valence-electron chi connectivity index (χ4n) is 1.21. The van der Waals surface area contributed by atoms with Gasteiger partial charge in [-0.1, -0.05) is 0 Å². The first-order valence-electron chi connectivity index (χ1n) is 4.50. The topological polar surface area (TPSA) is 72.5 Å². The van der Waals surface area contributed by atoms with E-state index < -0.39 is 9.84 Å². The summed E-state index contributed by atoms with van der Waals surface area (Å²) in [5, 5.41) is 2.51. The molecule has 1 aromatic rings. The van der Waals surface area contributed by atoms with Crippen LogP contribution in [-0.2, 0) is 14.6 Å². The van der Waals surface area contributed by atoms with Crippen molar-refractivity contribution in [3.05, 3.63) is 18.2 Å². The fraction of sp³-hybridized carbons (Fsp3) is 0.300. The van der Waals surface area contributed by atoms with Crippen molar-refractivity contribution < 1.29 is 17.9 Å². The van der Waals surface area contributed by atoms with Crippen LogP contribution in [0.25, 0.3) is 0 Å². The van der Waals surface area contributed by atoms with Gasteiger partial charge in [0.1, 0.15) is 5.75 Å². The summed E-state index contributed by atoms with van der Waals surface area (Å²) in [6.07, 6.45) is 1.10. The Kier molecular flexibility index (Phi) is 3.54. The molecule has 5 nitrogen and oxygen atoms in total. The van der Waals surface area contributed by atoms with Crippen molar-refractivity contribution in [2.24, 2.45) is 0 Å². The van der Waals surface area contributed by atoms with Crippen molar-refractivity contribution in [3.8, 4) is 5.75 Å². The van der Waals surface area contributed by atoms with E-state index in [2.05, 4.69) is 5.32 Å². The maximum Gasteiger partial charge on any atom is 0.221 e. The summed E-state index contributed by atoms with van der Waals surface area (Å²) >= 11 is 0. The van der Waals surface area contributed by atoms with Gasteiger partial charge in [0.2, 0.25) is 5.91 Å². The number of nitrogens with one attached hydrogen (secondary N) is 1. The molecule has 88 valence electrons. The average molecular weight is 243 g/mol. The molecular weight excluding hydrogens is 230 g/mol. The number of anilines is 1. The first kappa shape index (κ1) is 12.5. The molecule has 1 aromatic carbocycles. The van der Waals surface area contributed by atoms with Gasteiger partial charge in [0, 0.05) is 13.2 Å². The molecule has 0 unspecified atom stereocenters. The summed E-state index contributed by atoms with van der Waals surface area (Å²) in [5.74, 6) is 0.131. The third kappa shape index (κ3) is 2.96. The summed E-state index contributed by atoms with van der Waals surface area (Å²) < 4.78 is 27.6. The van der Waals surface area contributed by atoms with Crippen molar-refractivity contribution >= 4 is 21.4 Å². The number of carbonyl (C=O) groups is 1. The molecule has 0 radical (unpaired) electrons. The highest BCUT2D eigenvalue weighted by atomic mass is 32.2. The van der Waals surface area contributed by atoms with Gasteiger partial charge in [0.25, 0.3) is 0 Å². The summed E-state index contributed by atoms with van der Waals surface area (Å²) in [4.78, 5) is 11.1. The van der Waals surface area contributed by atoms with Gasteiger partial charge >= 0.3 is 0 Å². The molecule has 1 amide bonds. The van der Waals surface area contributed by atoms with Crippen LogP contribution in [0.1, 0.15) is 6.92 Å². The minimum Gasteiger partial charge on any atom is -0.495 e. The molecule has 1 rings (SSSR count). The molecule has 0 fully saturated rings. The lowest BCUT2D eigenvalue weighted by Gasteiger charge is -2.10. The second-order valence-electron chi connectivity index (χ2n) is 3.32. The van der Waals surface area contributed by atoms with Crippen LogP contribution in [0, 0.1) is 0 Å². The number of amides is 1. The van der Waals surface area contributed by atoms with E-state index in [1.807, 2.05) is 0 Å². The molecule has 0 aliphatic rings. The largest absolute Gasteiger partial charge is 0.495 e. The number of rotatable bonds is 3. The molecule has 0 saturated heterocycles. The smallest absolute Gasteiger partial charge is 0.221 e. The van der Waals surface area contributed by atoms with Crippen molar-refractivity contribution in [2.45, 2.75) is 11.8 Å². The standard InChI is InChI=1S/C10H13NO4S/c1-7(12)11-9-6-8(16(3,13)14)4-5-10(9)15-2/h4-6H,1-3H3,(H,11,12). The minimum absolute atomic E-state index is 0.136. The molecule has 0 heterocycles. The van der Waals surface area contributed by atoms with Gasteiger partial charge in [-0.3, -0.25) is 4.79 Å². The number of methoxy groups -OCH3 is 1. The van der Waals surface area contributed by atoms with Gasteiger partial charge in [0.05, 0.1) is 17.7 Å². The molecule has 0 aromatic heterocycles. The van der Waals surface area contributed by atoms with Crippen LogP contribution in [0.5, 0.6) is 5.75 Å². The summed E-state index contributed by atoms with van der Waals surface area (Å²) in [6, 6.07) is 4.30. The van der Waals surface area contributed by atoms with Crippen molar-refractivity contribution in [1.82, 2.24) is 0 Å². The predicted molar refractivity (Wildman–Crippen MR) is 60.4 cm³/mol. The van der Waals surface area contributed by atoms with E-state index >= 15 is 0 Å². The zero-order valence-electron chi connectivity index (χ0n) is 9.27. The van der Waals surface area contributed by atoms with Crippen LogP contribution in [-0.4, -0.2) is 27.7 Å². The van der Waals surface area contributed by atoms with Gasteiger partial charge in [-0.05, 0) is 18.2 Å². The first-order chi connectivity index (χ1) is 7.34. The van der Waals surface area contributed by atoms with Gasteiger partial charge in [-0.2, -0.15) is 0 Å². The summed E-state index contributed by atoms with van der Waals surface area (Å²) in [6.45, 7) is 1.34. The molecule has 16 heavy (non-hydrogen) atoms. The Hall–Kier alpha value is -1.56. The third-order valence-corrected chi connectivity index (χ3v) is 3.02. The Morgan fingerprint density at radius 1 is 1.38 bits per heavy atom. The number of benzene rings is 1. The molecule has 1 N–H and O–H groups in total. The molecule has 0 bridgehead atoms. The van der Waals surface area contributed by atoms with E-state index in [1.54, 1.807) is 0 Å². The van der Waals surface area contributed by atoms with Crippen molar-refractivity contribution in [2.75, 3.05) is 18.7 Å². The van der Waals surface area contributed by atoms with E-state index in [9.17, 15) is 13.2 Å². The van der Waals surface area contributed by atoms with E-state index in [4.69, 9.17) is 4.74 Å². The van der Waals surface area contributed by atoms with E-state index in [0.29, 0.717) is 11.4 Å². The Morgan fingerprint density at radius 2 is 2.00 bits per heavy atom. The number of carbonyl (C=O) groups excluding carboxylic acids is 1. The van der Waals surface area contributed by atoms with Crippen LogP contribution in [0.15, 0.2) is 23.1 Å². The van der Waals surface area contributed by atoms with Gasteiger partial charge < -0.3 is 10.1 Å². The lowest BCUT2D eigenvalue weighted by molar-refractivity contribution is -0.114. The van der Waals surface area contributed by atoms with Gasteiger partial charge in [-0.15, -0.1) is 0 Å². The van der Waals surface area contributed by atoms with Crippen molar-refractivity contribution in [1.29, 1.82) is 0 Å². The van der Waals surface area contributed by atoms with E-state index in [0.717, 1.165) is 6.26 Å². The highest BCUT2D eigenvalue weighted by Gasteiger charge is 2.12. The van der Waals surface area contributed by atoms with Crippen LogP contribution in [0.2, 0.25) is 0 Å². The highest BCUT2D eigenvalue weighted by molar-refractivity contribution is 7.90. The number of hydrogen-bond donors (Lipinski definition) is 1. The summed E-state index contributed by atoms with van der Waals surface area (Å²) in [5.41, 5.74) is 0.345. The first-order valence-corrected chi connectivity index (χ1v) is 6.39. The second kappa shape index (κ2) is 4.52. The quantitative estimate of drug-likeness (QED) is 0.861. The fourth-order valence-corrected chi connectivity index (χ4v) is 1.85. The van der Waals surface area contributed by atoms with Gasteiger partial charge in [0.15, 0.2) is 9.84 Å². The normalized spacial score (nSPS) is 10.9. The monoisotopic (exact) mass is 243 g/mol. The summed E-state index contributed by atoms with van der Waals surface area (Å²) in [7, 11) is -1.85. The predicted octanol–water partition coefficient (Wildman–Crippen LogP) is 1.06. The third-order valence-electron chi connectivity index (χ3n) is 1.91. The van der Waals surface area contributed by atoms with Crippen molar-refractivity contribution in [3.63, 3.8) is 0 Å². The Morgan fingerprint density at radius 3 is 2.44 bits per heavy atom. The SMILES string of the molecule is COc1ccc(S(C)(=O)=O)cc1NC(C)=O. The number of sulfone groups is 1. The Labute approximate surface area is 94.3 Å². The maximum atomic E-state index is 11.3. The molecule has 6 heteroatoms. The number of hydrogen-bond acceptors (Lipinski definition) is 4. The van der Waals surface area contributed by atoms with Crippen LogP contribution in [0.3, 0.4) is 0 Å². The zero-order valence-corrected chi connectivity index (χ0v) is 10.1. The van der Waals surface area contributed by atoms with E-state index in [-0.39, 0.29) is 10.8 Å². The molecular formula is C10H13NO4S. The van der Waals surface area contributed by atoms with Crippen LogP contribution < -0.4 is 10.1 Å². The number of ether oxygens (including phenoxy) is 1. The zero-order chi connectivity index (χ0) is 12.3.